The lowest BCUT2D eigenvalue weighted by atomic mass is 9.88. The van der Waals surface area contributed by atoms with Crippen LogP contribution in [0.25, 0.3) is 0 Å². The third-order valence-corrected chi connectivity index (χ3v) is 3.64. The summed E-state index contributed by atoms with van der Waals surface area (Å²) in [5, 5.41) is 5.85. The summed E-state index contributed by atoms with van der Waals surface area (Å²) in [4.78, 5) is 12.0. The molecule has 1 atom stereocenters. The van der Waals surface area contributed by atoms with Crippen LogP contribution in [0.3, 0.4) is 0 Å². The molecule has 1 amide bonds. The van der Waals surface area contributed by atoms with Gasteiger partial charge in [0.2, 0.25) is 5.91 Å². The van der Waals surface area contributed by atoms with Crippen molar-refractivity contribution in [2.24, 2.45) is 11.8 Å². The molecule has 4 nitrogen and oxygen atoms in total. The van der Waals surface area contributed by atoms with Crippen LogP contribution in [0.15, 0.2) is 18.2 Å². The Morgan fingerprint density at radius 1 is 1.48 bits per heavy atom. The van der Waals surface area contributed by atoms with Gasteiger partial charge in [-0.05, 0) is 37.2 Å². The number of carbonyl (C=O) groups excluding carboxylic acids is 1. The van der Waals surface area contributed by atoms with E-state index >= 15 is 0 Å². The van der Waals surface area contributed by atoms with Gasteiger partial charge in [0.1, 0.15) is 5.75 Å². The highest BCUT2D eigenvalue weighted by molar-refractivity contribution is 6.32. The van der Waals surface area contributed by atoms with Gasteiger partial charge < -0.3 is 15.4 Å². The van der Waals surface area contributed by atoms with Crippen LogP contribution in [0, 0.1) is 11.8 Å². The molecule has 1 aromatic rings. The molecule has 0 spiro atoms. The standard InChI is InChI=1S/C13H15ClF2N2O2.ClH/c1-7(8-5-17-6-8)12(19)18-9-2-3-11(10(14)4-9)20-13(15)16;/h2-4,7-8,13,17H,5-6H2,1H3,(H,18,19);1H. The highest BCUT2D eigenvalue weighted by Gasteiger charge is 2.28. The van der Waals surface area contributed by atoms with Gasteiger partial charge in [-0.15, -0.1) is 12.4 Å². The zero-order valence-corrected chi connectivity index (χ0v) is 12.8. The van der Waals surface area contributed by atoms with Gasteiger partial charge in [0.05, 0.1) is 5.02 Å². The summed E-state index contributed by atoms with van der Waals surface area (Å²) in [6.07, 6.45) is 0. The van der Waals surface area contributed by atoms with Crippen molar-refractivity contribution >= 4 is 35.6 Å². The van der Waals surface area contributed by atoms with Gasteiger partial charge >= 0.3 is 6.61 Å². The Balaban J connectivity index is 0.00000220. The number of alkyl halides is 2. The molecule has 1 fully saturated rings. The van der Waals surface area contributed by atoms with Crippen LogP contribution in [-0.4, -0.2) is 25.6 Å². The zero-order valence-electron chi connectivity index (χ0n) is 11.2. The predicted molar refractivity (Wildman–Crippen MR) is 79.5 cm³/mol. The van der Waals surface area contributed by atoms with Crippen molar-refractivity contribution in [2.75, 3.05) is 18.4 Å². The topological polar surface area (TPSA) is 50.4 Å². The van der Waals surface area contributed by atoms with E-state index in [9.17, 15) is 13.6 Å². The second kappa shape index (κ2) is 7.77. The van der Waals surface area contributed by atoms with E-state index in [1.807, 2.05) is 6.92 Å². The van der Waals surface area contributed by atoms with E-state index in [-0.39, 0.29) is 35.0 Å². The molecule has 2 N–H and O–H groups in total. The molecule has 1 aromatic carbocycles. The first kappa shape index (κ1) is 17.9. The van der Waals surface area contributed by atoms with Crippen molar-refractivity contribution in [3.05, 3.63) is 23.2 Å². The molecule has 1 unspecified atom stereocenters. The lowest BCUT2D eigenvalue weighted by molar-refractivity contribution is -0.121. The number of hydrogen-bond acceptors (Lipinski definition) is 3. The molecular weight excluding hydrogens is 325 g/mol. The molecule has 0 saturated carbocycles. The van der Waals surface area contributed by atoms with Crippen LogP contribution in [0.1, 0.15) is 6.92 Å². The quantitative estimate of drug-likeness (QED) is 0.865. The van der Waals surface area contributed by atoms with Gasteiger partial charge in [0, 0.05) is 11.6 Å². The number of amides is 1. The van der Waals surface area contributed by atoms with Gasteiger partial charge in [-0.25, -0.2) is 0 Å². The summed E-state index contributed by atoms with van der Waals surface area (Å²) in [6, 6.07) is 4.18. The monoisotopic (exact) mass is 340 g/mol. The molecule has 0 aliphatic carbocycles. The minimum atomic E-state index is -2.93. The van der Waals surface area contributed by atoms with Crippen LogP contribution in [-0.2, 0) is 4.79 Å². The Labute approximate surface area is 132 Å². The molecule has 0 bridgehead atoms. The fourth-order valence-corrected chi connectivity index (χ4v) is 2.13. The van der Waals surface area contributed by atoms with E-state index < -0.39 is 6.61 Å². The summed E-state index contributed by atoms with van der Waals surface area (Å²) in [6.45, 7) is 0.586. The van der Waals surface area contributed by atoms with Crippen molar-refractivity contribution in [1.82, 2.24) is 5.32 Å². The molecule has 8 heteroatoms. The van der Waals surface area contributed by atoms with Gasteiger partial charge in [-0.3, -0.25) is 4.79 Å². The first-order chi connectivity index (χ1) is 9.47. The van der Waals surface area contributed by atoms with Gasteiger partial charge in [0.15, 0.2) is 0 Å². The van der Waals surface area contributed by atoms with E-state index in [4.69, 9.17) is 11.6 Å². The summed E-state index contributed by atoms with van der Waals surface area (Å²) in [5.41, 5.74) is 0.459. The van der Waals surface area contributed by atoms with Crippen LogP contribution >= 0.6 is 24.0 Å². The van der Waals surface area contributed by atoms with E-state index in [0.717, 1.165) is 13.1 Å². The maximum absolute atomic E-state index is 12.1. The second-order valence-corrected chi connectivity index (χ2v) is 5.13. The minimum absolute atomic E-state index is 0. The smallest absolute Gasteiger partial charge is 0.387 e. The number of rotatable bonds is 5. The SMILES string of the molecule is CC(C(=O)Nc1ccc(OC(F)F)c(Cl)c1)C1CNC1.Cl. The van der Waals surface area contributed by atoms with Crippen molar-refractivity contribution in [3.63, 3.8) is 0 Å². The number of hydrogen-bond donors (Lipinski definition) is 2. The Bertz CT molecular complexity index is 499. The number of nitrogens with one attached hydrogen (secondary N) is 2. The van der Waals surface area contributed by atoms with E-state index in [0.29, 0.717) is 11.6 Å². The molecule has 0 radical (unpaired) electrons. The number of carbonyl (C=O) groups is 1. The van der Waals surface area contributed by atoms with E-state index in [1.165, 1.54) is 18.2 Å². The van der Waals surface area contributed by atoms with E-state index in [1.54, 1.807) is 0 Å². The Hall–Kier alpha value is -1.11. The van der Waals surface area contributed by atoms with Crippen molar-refractivity contribution in [2.45, 2.75) is 13.5 Å². The van der Waals surface area contributed by atoms with E-state index in [2.05, 4.69) is 15.4 Å². The van der Waals surface area contributed by atoms with Crippen LogP contribution in [0.4, 0.5) is 14.5 Å². The largest absolute Gasteiger partial charge is 0.433 e. The Kier molecular flexibility index (Phi) is 6.64. The van der Waals surface area contributed by atoms with Crippen molar-refractivity contribution in [3.8, 4) is 5.75 Å². The summed E-state index contributed by atoms with van der Waals surface area (Å²) in [7, 11) is 0. The lowest BCUT2D eigenvalue weighted by Gasteiger charge is -2.31. The average Bonchev–Trinajstić information content (AvgIpc) is 2.30. The summed E-state index contributed by atoms with van der Waals surface area (Å²) in [5.74, 6) is -0.0232. The zero-order chi connectivity index (χ0) is 14.7. The molecule has 1 aliphatic heterocycles. The van der Waals surface area contributed by atoms with Gasteiger partial charge in [-0.2, -0.15) is 8.78 Å². The first-order valence-corrected chi connectivity index (χ1v) is 6.61. The summed E-state index contributed by atoms with van der Waals surface area (Å²) < 4.78 is 28.4. The van der Waals surface area contributed by atoms with Crippen molar-refractivity contribution < 1.29 is 18.3 Å². The number of halogens is 4. The molecule has 21 heavy (non-hydrogen) atoms. The van der Waals surface area contributed by atoms with Crippen LogP contribution in [0.5, 0.6) is 5.75 Å². The van der Waals surface area contributed by atoms with Crippen LogP contribution < -0.4 is 15.4 Å². The minimum Gasteiger partial charge on any atom is -0.433 e. The number of ether oxygens (including phenoxy) is 1. The second-order valence-electron chi connectivity index (χ2n) is 4.72. The molecule has 0 aromatic heterocycles. The third-order valence-electron chi connectivity index (χ3n) is 3.35. The van der Waals surface area contributed by atoms with Crippen molar-refractivity contribution in [1.29, 1.82) is 0 Å². The van der Waals surface area contributed by atoms with Gasteiger partial charge in [0.25, 0.3) is 0 Å². The Morgan fingerprint density at radius 2 is 2.14 bits per heavy atom. The molecule has 2 rings (SSSR count). The lowest BCUT2D eigenvalue weighted by Crippen LogP contribution is -2.48. The molecular formula is C13H16Cl2F2N2O2. The number of anilines is 1. The third kappa shape index (κ3) is 4.69. The van der Waals surface area contributed by atoms with Gasteiger partial charge in [-0.1, -0.05) is 18.5 Å². The first-order valence-electron chi connectivity index (χ1n) is 6.23. The molecule has 1 heterocycles. The summed E-state index contributed by atoms with van der Waals surface area (Å²) >= 11 is 5.82. The normalized spacial score (nSPS) is 15.9. The fourth-order valence-electron chi connectivity index (χ4n) is 1.90. The maximum Gasteiger partial charge on any atom is 0.387 e. The fraction of sp³-hybridized carbons (Fsp3) is 0.462. The number of benzene rings is 1. The highest BCUT2D eigenvalue weighted by Crippen LogP contribution is 2.29. The molecule has 1 saturated heterocycles. The highest BCUT2D eigenvalue weighted by atomic mass is 35.5. The predicted octanol–water partition coefficient (Wildman–Crippen LogP) is 3.16. The maximum atomic E-state index is 12.1. The average molecular weight is 341 g/mol. The Morgan fingerprint density at radius 3 is 2.62 bits per heavy atom. The van der Waals surface area contributed by atoms with Crippen LogP contribution in [0.2, 0.25) is 5.02 Å². The molecule has 118 valence electrons. The molecule has 1 aliphatic rings.